The number of hydrogen-bond donors (Lipinski definition) is 0. The van der Waals surface area contributed by atoms with E-state index in [0.717, 1.165) is 5.56 Å². The molecule has 0 saturated carbocycles. The normalized spacial score (nSPS) is 17.1. The number of aromatic nitrogens is 2. The number of hydrogen-bond acceptors (Lipinski definition) is 4. The van der Waals surface area contributed by atoms with Crippen LogP contribution in [0, 0.1) is 18.6 Å². The molecule has 1 saturated heterocycles. The minimum atomic E-state index is -0.391. The number of carbonyl (C=O) groups is 1. The Morgan fingerprint density at radius 2 is 1.85 bits per heavy atom. The minimum absolute atomic E-state index is 0.120. The lowest BCUT2D eigenvalue weighted by Gasteiger charge is -2.18. The number of nitrogens with zero attached hydrogens (tertiary/aromatic N) is 3. The molecule has 0 aliphatic carbocycles. The fraction of sp³-hybridized carbons (Fsp3) is 0.211. The molecule has 26 heavy (non-hydrogen) atoms. The number of carbonyl (C=O) groups excluding carboxylic acids is 1. The monoisotopic (exact) mass is 355 g/mol. The van der Waals surface area contributed by atoms with Gasteiger partial charge in [-0.15, -0.1) is 0 Å². The first-order chi connectivity index (χ1) is 12.5. The van der Waals surface area contributed by atoms with Crippen LogP contribution in [0.15, 0.2) is 47.0 Å². The predicted molar refractivity (Wildman–Crippen MR) is 90.5 cm³/mol. The van der Waals surface area contributed by atoms with E-state index in [4.69, 9.17) is 4.52 Å². The minimum Gasteiger partial charge on any atom is -0.339 e. The number of benzene rings is 2. The van der Waals surface area contributed by atoms with Crippen LogP contribution in [0.1, 0.15) is 23.8 Å². The summed E-state index contributed by atoms with van der Waals surface area (Å²) in [4.78, 5) is 18.3. The largest absolute Gasteiger partial charge is 0.339 e. The van der Waals surface area contributed by atoms with Gasteiger partial charge >= 0.3 is 0 Å². The van der Waals surface area contributed by atoms with Gasteiger partial charge in [-0.25, -0.2) is 8.78 Å². The molecular formula is C19H15F2N3O2. The Hall–Kier alpha value is -3.09. The average Bonchev–Trinajstić information content (AvgIpc) is 3.25. The molecule has 0 spiro atoms. The van der Waals surface area contributed by atoms with Crippen molar-refractivity contribution in [2.24, 2.45) is 0 Å². The molecule has 1 atom stereocenters. The van der Waals surface area contributed by atoms with Crippen LogP contribution in [0.3, 0.4) is 0 Å². The quantitative estimate of drug-likeness (QED) is 0.716. The van der Waals surface area contributed by atoms with Crippen molar-refractivity contribution in [2.45, 2.75) is 19.3 Å². The van der Waals surface area contributed by atoms with E-state index >= 15 is 0 Å². The number of rotatable bonds is 3. The Kier molecular flexibility index (Phi) is 3.99. The summed E-state index contributed by atoms with van der Waals surface area (Å²) in [5.41, 5.74) is 2.00. The van der Waals surface area contributed by atoms with Gasteiger partial charge < -0.3 is 9.42 Å². The van der Waals surface area contributed by atoms with Gasteiger partial charge in [0.1, 0.15) is 11.6 Å². The highest BCUT2D eigenvalue weighted by Gasteiger charge is 2.35. The fourth-order valence-electron chi connectivity index (χ4n) is 3.10. The highest BCUT2D eigenvalue weighted by Crippen LogP contribution is 2.33. The van der Waals surface area contributed by atoms with Crippen molar-refractivity contribution in [3.8, 4) is 11.4 Å². The third-order valence-corrected chi connectivity index (χ3v) is 4.48. The smallest absolute Gasteiger partial charge is 0.232 e. The van der Waals surface area contributed by atoms with Crippen molar-refractivity contribution in [1.82, 2.24) is 10.1 Å². The molecule has 0 bridgehead atoms. The molecule has 1 fully saturated rings. The van der Waals surface area contributed by atoms with Gasteiger partial charge in [-0.1, -0.05) is 11.2 Å². The number of aryl methyl sites for hydroxylation is 1. The van der Waals surface area contributed by atoms with Gasteiger partial charge in [0.25, 0.3) is 0 Å². The summed E-state index contributed by atoms with van der Waals surface area (Å²) in [5.74, 6) is -0.447. The van der Waals surface area contributed by atoms with E-state index in [9.17, 15) is 13.6 Å². The Labute approximate surface area is 148 Å². The highest BCUT2D eigenvalue weighted by atomic mass is 19.1. The van der Waals surface area contributed by atoms with Gasteiger partial charge in [0.2, 0.25) is 17.6 Å². The molecule has 5 nitrogen and oxygen atoms in total. The zero-order chi connectivity index (χ0) is 18.3. The van der Waals surface area contributed by atoms with E-state index in [0.29, 0.717) is 29.5 Å². The fourth-order valence-corrected chi connectivity index (χ4v) is 3.10. The van der Waals surface area contributed by atoms with Crippen LogP contribution in [0.25, 0.3) is 11.4 Å². The second-order valence-electron chi connectivity index (χ2n) is 6.30. The van der Waals surface area contributed by atoms with E-state index in [2.05, 4.69) is 10.1 Å². The molecule has 1 aliphatic heterocycles. The Morgan fingerprint density at radius 1 is 1.12 bits per heavy atom. The molecule has 1 aromatic heterocycles. The second-order valence-corrected chi connectivity index (χ2v) is 6.30. The number of anilines is 1. The number of amides is 1. The molecule has 1 unspecified atom stereocenters. The maximum Gasteiger partial charge on any atom is 0.232 e. The van der Waals surface area contributed by atoms with Gasteiger partial charge in [-0.2, -0.15) is 4.98 Å². The first kappa shape index (κ1) is 16.4. The zero-order valence-electron chi connectivity index (χ0n) is 13.9. The molecule has 4 rings (SSSR count). The Bertz CT molecular complexity index is 969. The second kappa shape index (κ2) is 6.33. The van der Waals surface area contributed by atoms with E-state index < -0.39 is 5.82 Å². The summed E-state index contributed by atoms with van der Waals surface area (Å²) in [5, 5.41) is 3.92. The Morgan fingerprint density at radius 3 is 2.62 bits per heavy atom. The SMILES string of the molecule is Cc1ccc(F)cc1N1CC(c2nc(-c3ccc(F)cc3)no2)CC1=O. The van der Waals surface area contributed by atoms with Gasteiger partial charge in [0.15, 0.2) is 0 Å². The van der Waals surface area contributed by atoms with E-state index in [1.165, 1.54) is 24.3 Å². The first-order valence-corrected chi connectivity index (χ1v) is 8.17. The Balaban J connectivity index is 1.58. The lowest BCUT2D eigenvalue weighted by molar-refractivity contribution is -0.117. The van der Waals surface area contributed by atoms with E-state index in [-0.39, 0.29) is 24.1 Å². The topological polar surface area (TPSA) is 59.2 Å². The predicted octanol–water partition coefficient (Wildman–Crippen LogP) is 3.84. The van der Waals surface area contributed by atoms with Gasteiger partial charge in [-0.3, -0.25) is 4.79 Å². The van der Waals surface area contributed by atoms with Gasteiger partial charge in [0.05, 0.1) is 5.92 Å². The van der Waals surface area contributed by atoms with Crippen molar-refractivity contribution in [2.75, 3.05) is 11.4 Å². The van der Waals surface area contributed by atoms with Crippen LogP contribution >= 0.6 is 0 Å². The van der Waals surface area contributed by atoms with Crippen LogP contribution in [0.2, 0.25) is 0 Å². The third kappa shape index (κ3) is 2.96. The van der Waals surface area contributed by atoms with Crippen LogP contribution in [-0.2, 0) is 4.79 Å². The van der Waals surface area contributed by atoms with Crippen molar-refractivity contribution in [3.05, 3.63) is 65.6 Å². The molecule has 132 valence electrons. The molecule has 3 aromatic rings. The standard InChI is InChI=1S/C19H15F2N3O2/c1-11-2-5-15(21)9-16(11)24-10-13(8-17(24)25)19-22-18(23-26-19)12-3-6-14(20)7-4-12/h2-7,9,13H,8,10H2,1H3. The summed E-state index contributed by atoms with van der Waals surface area (Å²) >= 11 is 0. The lowest BCUT2D eigenvalue weighted by atomic mass is 10.1. The van der Waals surface area contributed by atoms with E-state index in [1.54, 1.807) is 23.1 Å². The van der Waals surface area contributed by atoms with E-state index in [1.807, 2.05) is 6.92 Å². The summed E-state index contributed by atoms with van der Waals surface area (Å²) in [6, 6.07) is 10.1. The average molecular weight is 355 g/mol. The zero-order valence-corrected chi connectivity index (χ0v) is 13.9. The summed E-state index contributed by atoms with van der Waals surface area (Å²) in [6.45, 7) is 2.17. The van der Waals surface area contributed by atoms with Gasteiger partial charge in [-0.05, 0) is 48.9 Å². The van der Waals surface area contributed by atoms with Crippen molar-refractivity contribution in [3.63, 3.8) is 0 Å². The summed E-state index contributed by atoms with van der Waals surface area (Å²) < 4.78 is 31.9. The maximum absolute atomic E-state index is 13.6. The molecule has 0 N–H and O–H groups in total. The molecule has 0 radical (unpaired) electrons. The lowest BCUT2D eigenvalue weighted by Crippen LogP contribution is -2.25. The maximum atomic E-state index is 13.6. The molecule has 1 aliphatic rings. The molecule has 2 aromatic carbocycles. The number of halogens is 2. The summed E-state index contributed by atoms with van der Waals surface area (Å²) in [7, 11) is 0. The van der Waals surface area contributed by atoms with Crippen molar-refractivity contribution in [1.29, 1.82) is 0 Å². The van der Waals surface area contributed by atoms with Crippen molar-refractivity contribution >= 4 is 11.6 Å². The van der Waals surface area contributed by atoms with Crippen LogP contribution in [0.4, 0.5) is 14.5 Å². The van der Waals surface area contributed by atoms with Crippen LogP contribution in [0.5, 0.6) is 0 Å². The molecule has 1 amide bonds. The van der Waals surface area contributed by atoms with Crippen molar-refractivity contribution < 1.29 is 18.1 Å². The first-order valence-electron chi connectivity index (χ1n) is 8.17. The molecule has 7 heteroatoms. The molecule has 2 heterocycles. The highest BCUT2D eigenvalue weighted by molar-refractivity contribution is 5.97. The summed E-state index contributed by atoms with van der Waals surface area (Å²) in [6.07, 6.45) is 0.209. The molecular weight excluding hydrogens is 340 g/mol. The van der Waals surface area contributed by atoms with Gasteiger partial charge in [0, 0.05) is 24.2 Å². The van der Waals surface area contributed by atoms with Crippen LogP contribution in [-0.4, -0.2) is 22.6 Å². The third-order valence-electron chi connectivity index (χ3n) is 4.48. The van der Waals surface area contributed by atoms with Crippen LogP contribution < -0.4 is 4.90 Å².